The third-order valence-electron chi connectivity index (χ3n) is 3.31. The minimum Gasteiger partial charge on any atom is -0.478 e. The molecule has 1 N–H and O–H groups in total. The Bertz CT molecular complexity index is 486. The second-order valence-electron chi connectivity index (χ2n) is 4.97. The van der Waals surface area contributed by atoms with Gasteiger partial charge in [-0.15, -0.1) is 0 Å². The van der Waals surface area contributed by atoms with Crippen molar-refractivity contribution in [1.29, 1.82) is 5.26 Å². The number of carboxylic acid groups (broad SMARTS) is 1. The molecule has 0 aliphatic carbocycles. The van der Waals surface area contributed by atoms with E-state index in [2.05, 4.69) is 24.5 Å². The standard InChI is InChI=1S/C15H23N3O2/c1-3-5-8-13-11-17(10-6-9-16)14(7-4-2)18(13)12-15(19)20/h11H,3-8,10,12H2,1-2H3/p+1. The van der Waals surface area contributed by atoms with Crippen molar-refractivity contribution in [3.05, 3.63) is 17.7 Å². The van der Waals surface area contributed by atoms with Crippen molar-refractivity contribution < 1.29 is 14.5 Å². The van der Waals surface area contributed by atoms with Crippen LogP contribution in [0, 0.1) is 11.3 Å². The first-order chi connectivity index (χ1) is 9.63. The van der Waals surface area contributed by atoms with Gasteiger partial charge in [0.05, 0.1) is 12.5 Å². The number of unbranched alkanes of at least 4 members (excludes halogenated alkanes) is 1. The Balaban J connectivity index is 3.12. The Labute approximate surface area is 120 Å². The molecular weight excluding hydrogens is 254 g/mol. The molecule has 0 aromatic carbocycles. The van der Waals surface area contributed by atoms with Crippen molar-refractivity contribution >= 4 is 5.97 Å². The molecule has 1 heterocycles. The number of imidazole rings is 1. The van der Waals surface area contributed by atoms with Gasteiger partial charge in [-0.05, 0) is 12.8 Å². The van der Waals surface area contributed by atoms with E-state index in [4.69, 9.17) is 10.4 Å². The fraction of sp³-hybridized carbons (Fsp3) is 0.667. The molecule has 0 aliphatic rings. The van der Waals surface area contributed by atoms with Crippen LogP contribution in [0.5, 0.6) is 0 Å². The molecule has 0 radical (unpaired) electrons. The molecular formula is C15H24N3O2+. The molecule has 1 aromatic heterocycles. The molecule has 0 aliphatic heterocycles. The fourth-order valence-electron chi connectivity index (χ4n) is 2.40. The van der Waals surface area contributed by atoms with E-state index in [1.54, 1.807) is 0 Å². The number of rotatable bonds is 9. The highest BCUT2D eigenvalue weighted by Gasteiger charge is 2.23. The van der Waals surface area contributed by atoms with Gasteiger partial charge in [-0.25, -0.2) is 13.9 Å². The highest BCUT2D eigenvalue weighted by molar-refractivity contribution is 5.66. The zero-order chi connectivity index (χ0) is 15.0. The zero-order valence-electron chi connectivity index (χ0n) is 12.4. The number of nitrogens with zero attached hydrogens (tertiary/aromatic N) is 3. The van der Waals surface area contributed by atoms with Crippen molar-refractivity contribution in [2.45, 2.75) is 65.5 Å². The number of hydrogen-bond acceptors (Lipinski definition) is 2. The molecule has 0 spiro atoms. The summed E-state index contributed by atoms with van der Waals surface area (Å²) in [5.74, 6) is 0.208. The summed E-state index contributed by atoms with van der Waals surface area (Å²) in [4.78, 5) is 11.1. The highest BCUT2D eigenvalue weighted by Crippen LogP contribution is 2.10. The Morgan fingerprint density at radius 2 is 2.15 bits per heavy atom. The number of aliphatic carboxylic acids is 1. The van der Waals surface area contributed by atoms with Crippen LogP contribution in [0.3, 0.4) is 0 Å². The quantitative estimate of drug-likeness (QED) is 0.703. The molecule has 0 saturated carbocycles. The number of aryl methyl sites for hydroxylation is 2. The van der Waals surface area contributed by atoms with E-state index in [-0.39, 0.29) is 6.54 Å². The molecule has 1 rings (SSSR count). The maximum Gasteiger partial charge on any atom is 0.346 e. The molecule has 5 heteroatoms. The molecule has 5 nitrogen and oxygen atoms in total. The normalized spacial score (nSPS) is 10.4. The van der Waals surface area contributed by atoms with Gasteiger partial charge in [0, 0.05) is 12.8 Å². The number of aromatic nitrogens is 2. The Morgan fingerprint density at radius 1 is 1.40 bits per heavy atom. The van der Waals surface area contributed by atoms with Gasteiger partial charge in [0.15, 0.2) is 6.54 Å². The van der Waals surface area contributed by atoms with E-state index in [0.29, 0.717) is 13.0 Å². The maximum absolute atomic E-state index is 11.1. The van der Waals surface area contributed by atoms with E-state index in [1.807, 2.05) is 10.8 Å². The third-order valence-corrected chi connectivity index (χ3v) is 3.31. The Morgan fingerprint density at radius 3 is 2.70 bits per heavy atom. The van der Waals surface area contributed by atoms with Gasteiger partial charge in [0.2, 0.25) is 0 Å². The lowest BCUT2D eigenvalue weighted by Crippen LogP contribution is -2.37. The van der Waals surface area contributed by atoms with Crippen LogP contribution >= 0.6 is 0 Å². The molecule has 0 unspecified atom stereocenters. The fourth-order valence-corrected chi connectivity index (χ4v) is 2.40. The lowest BCUT2D eigenvalue weighted by Gasteiger charge is -2.03. The highest BCUT2D eigenvalue weighted by atomic mass is 16.4. The largest absolute Gasteiger partial charge is 0.478 e. The molecule has 0 atom stereocenters. The van der Waals surface area contributed by atoms with Crippen molar-refractivity contribution in [1.82, 2.24) is 4.57 Å². The second-order valence-corrected chi connectivity index (χ2v) is 4.97. The number of carbonyl (C=O) groups is 1. The van der Waals surface area contributed by atoms with Gasteiger partial charge in [-0.1, -0.05) is 20.3 Å². The first-order valence-electron chi connectivity index (χ1n) is 7.33. The maximum atomic E-state index is 11.1. The average molecular weight is 278 g/mol. The molecule has 110 valence electrons. The smallest absolute Gasteiger partial charge is 0.346 e. The Hall–Kier alpha value is -1.83. The summed E-state index contributed by atoms with van der Waals surface area (Å²) in [6, 6.07) is 2.15. The van der Waals surface area contributed by atoms with Crippen molar-refractivity contribution in [3.63, 3.8) is 0 Å². The third kappa shape index (κ3) is 4.37. The molecule has 0 amide bonds. The van der Waals surface area contributed by atoms with Crippen molar-refractivity contribution in [3.8, 4) is 6.07 Å². The summed E-state index contributed by atoms with van der Waals surface area (Å²) in [5, 5.41) is 17.9. The monoisotopic (exact) mass is 278 g/mol. The van der Waals surface area contributed by atoms with E-state index >= 15 is 0 Å². The van der Waals surface area contributed by atoms with E-state index in [0.717, 1.165) is 43.6 Å². The van der Waals surface area contributed by atoms with Crippen LogP contribution in [0.1, 0.15) is 51.0 Å². The minimum atomic E-state index is -0.817. The van der Waals surface area contributed by atoms with Crippen LogP contribution in [-0.4, -0.2) is 15.6 Å². The topological polar surface area (TPSA) is 69.9 Å². The van der Waals surface area contributed by atoms with Crippen LogP contribution in [0.4, 0.5) is 0 Å². The van der Waals surface area contributed by atoms with Gasteiger partial charge in [-0.2, -0.15) is 5.26 Å². The predicted molar refractivity (Wildman–Crippen MR) is 75.1 cm³/mol. The van der Waals surface area contributed by atoms with Crippen molar-refractivity contribution in [2.75, 3.05) is 0 Å². The molecule has 0 fully saturated rings. The van der Waals surface area contributed by atoms with Crippen LogP contribution in [0.2, 0.25) is 0 Å². The lowest BCUT2D eigenvalue weighted by atomic mass is 10.2. The van der Waals surface area contributed by atoms with E-state index < -0.39 is 5.97 Å². The SMILES string of the molecule is CCCCc1c[n+](CCC#N)c(CCC)n1CC(=O)O. The van der Waals surface area contributed by atoms with Gasteiger partial charge in [0.25, 0.3) is 5.82 Å². The summed E-state index contributed by atoms with van der Waals surface area (Å²) in [7, 11) is 0. The molecule has 0 saturated heterocycles. The summed E-state index contributed by atoms with van der Waals surface area (Å²) in [6.45, 7) is 4.85. The predicted octanol–water partition coefficient (Wildman–Crippen LogP) is 2.07. The van der Waals surface area contributed by atoms with Crippen molar-refractivity contribution in [2.24, 2.45) is 0 Å². The second kappa shape index (κ2) is 8.36. The summed E-state index contributed by atoms with van der Waals surface area (Å²) in [6.07, 6.45) is 7.30. The first kappa shape index (κ1) is 16.2. The number of carboxylic acids is 1. The zero-order valence-corrected chi connectivity index (χ0v) is 12.4. The average Bonchev–Trinajstić information content (AvgIpc) is 2.72. The van der Waals surface area contributed by atoms with Gasteiger partial charge < -0.3 is 5.11 Å². The minimum absolute atomic E-state index is 0.00787. The molecule has 20 heavy (non-hydrogen) atoms. The summed E-state index contributed by atoms with van der Waals surface area (Å²) < 4.78 is 3.97. The van der Waals surface area contributed by atoms with Crippen LogP contribution in [0.15, 0.2) is 6.20 Å². The van der Waals surface area contributed by atoms with Crippen LogP contribution in [-0.2, 0) is 30.7 Å². The van der Waals surface area contributed by atoms with E-state index in [1.165, 1.54) is 0 Å². The summed E-state index contributed by atoms with van der Waals surface area (Å²) >= 11 is 0. The van der Waals surface area contributed by atoms with E-state index in [9.17, 15) is 4.79 Å². The lowest BCUT2D eigenvalue weighted by molar-refractivity contribution is -0.703. The van der Waals surface area contributed by atoms with Gasteiger partial charge in [-0.3, -0.25) is 0 Å². The van der Waals surface area contributed by atoms with Crippen LogP contribution in [0.25, 0.3) is 0 Å². The summed E-state index contributed by atoms with van der Waals surface area (Å²) in [5.41, 5.74) is 1.07. The van der Waals surface area contributed by atoms with Crippen LogP contribution < -0.4 is 4.57 Å². The molecule has 1 aromatic rings. The molecule has 0 bridgehead atoms. The first-order valence-corrected chi connectivity index (χ1v) is 7.33. The number of hydrogen-bond donors (Lipinski definition) is 1. The Kier molecular flexibility index (Phi) is 6.78. The van der Waals surface area contributed by atoms with Gasteiger partial charge in [0.1, 0.15) is 18.4 Å². The van der Waals surface area contributed by atoms with Gasteiger partial charge >= 0.3 is 5.97 Å². The number of nitriles is 1.